The summed E-state index contributed by atoms with van der Waals surface area (Å²) < 4.78 is 0. The molecule has 0 saturated heterocycles. The summed E-state index contributed by atoms with van der Waals surface area (Å²) in [5.41, 5.74) is 7.12. The Labute approximate surface area is 137 Å². The van der Waals surface area contributed by atoms with Crippen LogP contribution in [0.5, 0.6) is 0 Å². The lowest BCUT2D eigenvalue weighted by atomic mass is 9.93. The van der Waals surface area contributed by atoms with Crippen LogP contribution in [0.3, 0.4) is 0 Å². The van der Waals surface area contributed by atoms with Crippen molar-refractivity contribution >= 4 is 29.7 Å². The van der Waals surface area contributed by atoms with Gasteiger partial charge in [0.1, 0.15) is 0 Å². The molecule has 2 rings (SSSR count). The third kappa shape index (κ3) is 4.95. The van der Waals surface area contributed by atoms with Gasteiger partial charge in [-0.25, -0.2) is 0 Å². The number of fused-ring (bicyclic) bond motifs is 1. The molecule has 1 aliphatic heterocycles. The molecule has 120 valence electrons. The van der Waals surface area contributed by atoms with Gasteiger partial charge in [0.05, 0.1) is 6.54 Å². The van der Waals surface area contributed by atoms with Gasteiger partial charge in [-0.1, -0.05) is 13.8 Å². The minimum atomic E-state index is 0. The topological polar surface area (TPSA) is 49.6 Å². The number of hydrogen-bond acceptors (Lipinski definition) is 4. The van der Waals surface area contributed by atoms with Crippen molar-refractivity contribution in [2.24, 2.45) is 11.1 Å². The Morgan fingerprint density at radius 1 is 1.52 bits per heavy atom. The van der Waals surface area contributed by atoms with Crippen LogP contribution >= 0.6 is 23.7 Å². The monoisotopic (exact) mass is 331 g/mol. The van der Waals surface area contributed by atoms with Gasteiger partial charge in [-0.15, -0.1) is 23.7 Å². The lowest BCUT2D eigenvalue weighted by molar-refractivity contribution is -0.133. The Bertz CT molecular complexity index is 475. The van der Waals surface area contributed by atoms with E-state index in [0.29, 0.717) is 13.1 Å². The number of nitrogens with two attached hydrogens (primary N) is 1. The lowest BCUT2D eigenvalue weighted by Crippen LogP contribution is -2.44. The van der Waals surface area contributed by atoms with Crippen LogP contribution in [0.15, 0.2) is 11.4 Å². The van der Waals surface area contributed by atoms with Crippen LogP contribution in [0.2, 0.25) is 0 Å². The van der Waals surface area contributed by atoms with Gasteiger partial charge >= 0.3 is 0 Å². The second-order valence-electron chi connectivity index (χ2n) is 6.47. The van der Waals surface area contributed by atoms with E-state index in [-0.39, 0.29) is 23.7 Å². The van der Waals surface area contributed by atoms with Crippen molar-refractivity contribution in [3.05, 3.63) is 21.9 Å². The van der Waals surface area contributed by atoms with Crippen molar-refractivity contribution in [1.82, 2.24) is 9.80 Å². The van der Waals surface area contributed by atoms with Crippen molar-refractivity contribution in [2.45, 2.75) is 26.8 Å². The molecule has 1 aliphatic rings. The van der Waals surface area contributed by atoms with Gasteiger partial charge in [-0.2, -0.15) is 0 Å². The molecule has 0 saturated carbocycles. The van der Waals surface area contributed by atoms with E-state index < -0.39 is 0 Å². The Morgan fingerprint density at radius 3 is 2.90 bits per heavy atom. The molecule has 1 aromatic rings. The van der Waals surface area contributed by atoms with E-state index in [4.69, 9.17) is 5.73 Å². The zero-order valence-corrected chi connectivity index (χ0v) is 14.7. The Balaban J connectivity index is 0.00000220. The molecule has 0 atom stereocenters. The zero-order valence-electron chi connectivity index (χ0n) is 13.1. The van der Waals surface area contributed by atoms with Gasteiger partial charge in [-0.05, 0) is 42.4 Å². The molecule has 0 radical (unpaired) electrons. The third-order valence-corrected chi connectivity index (χ3v) is 4.84. The molecule has 4 nitrogen and oxygen atoms in total. The largest absolute Gasteiger partial charge is 0.337 e. The minimum Gasteiger partial charge on any atom is -0.337 e. The van der Waals surface area contributed by atoms with E-state index in [0.717, 1.165) is 26.1 Å². The van der Waals surface area contributed by atoms with E-state index in [1.54, 1.807) is 11.3 Å². The summed E-state index contributed by atoms with van der Waals surface area (Å²) in [6.07, 6.45) is 0.997. The lowest BCUT2D eigenvalue weighted by Gasteiger charge is -2.32. The van der Waals surface area contributed by atoms with E-state index in [9.17, 15) is 4.79 Å². The van der Waals surface area contributed by atoms with Crippen LogP contribution in [0, 0.1) is 5.41 Å². The number of rotatable bonds is 5. The maximum atomic E-state index is 12.4. The first-order chi connectivity index (χ1) is 9.41. The van der Waals surface area contributed by atoms with Crippen LogP contribution in [0.25, 0.3) is 0 Å². The van der Waals surface area contributed by atoms with Gasteiger partial charge in [-0.3, -0.25) is 9.69 Å². The average molecular weight is 332 g/mol. The summed E-state index contributed by atoms with van der Waals surface area (Å²) in [6.45, 7) is 7.83. The number of thiophene rings is 1. The standard InChI is InChI=1S/C15H25N3OS.ClH/c1-15(2,10-16)11-17(3)9-14(19)18-6-4-13-12(8-18)5-7-20-13;/h5,7H,4,6,8-11,16H2,1-3H3;1H. The number of halogens is 1. The van der Waals surface area contributed by atoms with Crippen molar-refractivity contribution < 1.29 is 4.79 Å². The fraction of sp³-hybridized carbons (Fsp3) is 0.667. The number of carbonyl (C=O) groups is 1. The number of hydrogen-bond donors (Lipinski definition) is 1. The molecule has 0 fully saturated rings. The second kappa shape index (κ2) is 7.58. The highest BCUT2D eigenvalue weighted by molar-refractivity contribution is 7.10. The summed E-state index contributed by atoms with van der Waals surface area (Å²) in [6, 6.07) is 2.14. The van der Waals surface area contributed by atoms with Gasteiger partial charge in [0.2, 0.25) is 5.91 Å². The molecule has 0 bridgehead atoms. The zero-order chi connectivity index (χ0) is 14.8. The maximum absolute atomic E-state index is 12.4. The van der Waals surface area contributed by atoms with Crippen molar-refractivity contribution in [3.8, 4) is 0 Å². The van der Waals surface area contributed by atoms with Gasteiger partial charge in [0.25, 0.3) is 0 Å². The van der Waals surface area contributed by atoms with Crippen LogP contribution in [-0.2, 0) is 17.8 Å². The third-order valence-electron chi connectivity index (χ3n) is 3.82. The normalized spacial score (nSPS) is 14.8. The molecule has 6 heteroatoms. The molecule has 1 aromatic heterocycles. The molecule has 2 N–H and O–H groups in total. The SMILES string of the molecule is CN(CC(=O)N1CCc2sccc2C1)CC(C)(C)CN.Cl. The predicted molar refractivity (Wildman–Crippen MR) is 91.0 cm³/mol. The van der Waals surface area contributed by atoms with Crippen LogP contribution in [0.1, 0.15) is 24.3 Å². The van der Waals surface area contributed by atoms with Crippen LogP contribution in [0.4, 0.5) is 0 Å². The van der Waals surface area contributed by atoms with E-state index >= 15 is 0 Å². The Morgan fingerprint density at radius 2 is 2.24 bits per heavy atom. The second-order valence-corrected chi connectivity index (χ2v) is 7.48. The van der Waals surface area contributed by atoms with Crippen molar-refractivity contribution in [2.75, 3.05) is 33.2 Å². The maximum Gasteiger partial charge on any atom is 0.237 e. The first-order valence-corrected chi connectivity index (χ1v) is 8.01. The molecule has 1 amide bonds. The summed E-state index contributed by atoms with van der Waals surface area (Å²) in [5, 5.41) is 2.12. The number of nitrogens with zero attached hydrogens (tertiary/aromatic N) is 2. The van der Waals surface area contributed by atoms with Crippen LogP contribution in [-0.4, -0.2) is 48.9 Å². The fourth-order valence-electron chi connectivity index (χ4n) is 2.64. The van der Waals surface area contributed by atoms with E-state index in [2.05, 4.69) is 30.2 Å². The first kappa shape index (κ1) is 18.4. The Hall–Kier alpha value is -0.620. The summed E-state index contributed by atoms with van der Waals surface area (Å²) in [5.74, 6) is 0.220. The molecule has 0 unspecified atom stereocenters. The molecule has 0 aliphatic carbocycles. The summed E-state index contributed by atoms with van der Waals surface area (Å²) in [4.78, 5) is 17.9. The summed E-state index contributed by atoms with van der Waals surface area (Å²) in [7, 11) is 2.00. The smallest absolute Gasteiger partial charge is 0.237 e. The number of amides is 1. The fourth-order valence-corrected chi connectivity index (χ4v) is 3.53. The number of carbonyl (C=O) groups excluding carboxylic acids is 1. The number of likely N-dealkylation sites (N-methyl/N-ethyl adjacent to an activating group) is 1. The van der Waals surface area contributed by atoms with Gasteiger partial charge in [0, 0.05) is 24.5 Å². The van der Waals surface area contributed by atoms with Crippen molar-refractivity contribution in [3.63, 3.8) is 0 Å². The van der Waals surface area contributed by atoms with Gasteiger partial charge < -0.3 is 10.6 Å². The van der Waals surface area contributed by atoms with E-state index in [1.807, 2.05) is 11.9 Å². The quantitative estimate of drug-likeness (QED) is 0.897. The highest BCUT2D eigenvalue weighted by Gasteiger charge is 2.24. The van der Waals surface area contributed by atoms with Gasteiger partial charge in [0.15, 0.2) is 0 Å². The predicted octanol–water partition coefficient (Wildman–Crippen LogP) is 1.97. The van der Waals surface area contributed by atoms with Crippen molar-refractivity contribution in [1.29, 1.82) is 0 Å². The first-order valence-electron chi connectivity index (χ1n) is 7.13. The molecular formula is C15H26ClN3OS. The highest BCUT2D eigenvalue weighted by Crippen LogP contribution is 2.24. The van der Waals surface area contributed by atoms with E-state index in [1.165, 1.54) is 10.4 Å². The minimum absolute atomic E-state index is 0. The molecule has 0 aromatic carbocycles. The van der Waals surface area contributed by atoms with Crippen LogP contribution < -0.4 is 5.73 Å². The summed E-state index contributed by atoms with van der Waals surface area (Å²) >= 11 is 1.80. The Kier molecular flexibility index (Phi) is 6.66. The molecule has 2 heterocycles. The molecule has 21 heavy (non-hydrogen) atoms. The molecule has 0 spiro atoms. The molecular weight excluding hydrogens is 306 g/mol. The highest BCUT2D eigenvalue weighted by atomic mass is 35.5. The average Bonchev–Trinajstić information content (AvgIpc) is 2.84.